The van der Waals surface area contributed by atoms with E-state index in [1.165, 1.54) is 0 Å². The summed E-state index contributed by atoms with van der Waals surface area (Å²) < 4.78 is 11.0. The van der Waals surface area contributed by atoms with E-state index >= 15 is 0 Å². The quantitative estimate of drug-likeness (QED) is 0.666. The zero-order valence-corrected chi connectivity index (χ0v) is 14.3. The standard InChI is InChI=1S/C19H23ClO3/c1-14-7-5-8-15(13-14)23-19-16(9-6-10-17(19)20)18(21)11-3-4-12-22-2/h5-10,13,18,21H,3-4,11-12H2,1-2H3. The van der Waals surface area contributed by atoms with E-state index in [1.54, 1.807) is 13.2 Å². The van der Waals surface area contributed by atoms with Crippen LogP contribution in [-0.2, 0) is 4.74 Å². The van der Waals surface area contributed by atoms with Crippen LogP contribution in [0.25, 0.3) is 0 Å². The van der Waals surface area contributed by atoms with Crippen LogP contribution in [0.3, 0.4) is 0 Å². The van der Waals surface area contributed by atoms with Crippen LogP contribution < -0.4 is 4.74 Å². The molecule has 2 aromatic rings. The number of hydrogen-bond donors (Lipinski definition) is 1. The lowest BCUT2D eigenvalue weighted by Crippen LogP contribution is -2.02. The Kier molecular flexibility index (Phi) is 6.90. The zero-order valence-electron chi connectivity index (χ0n) is 13.6. The lowest BCUT2D eigenvalue weighted by molar-refractivity contribution is 0.149. The van der Waals surface area contributed by atoms with Gasteiger partial charge in [-0.3, -0.25) is 0 Å². The summed E-state index contributed by atoms with van der Waals surface area (Å²) in [7, 11) is 1.68. The van der Waals surface area contributed by atoms with Gasteiger partial charge in [0.15, 0.2) is 5.75 Å². The van der Waals surface area contributed by atoms with Crippen molar-refractivity contribution in [3.63, 3.8) is 0 Å². The average molecular weight is 335 g/mol. The van der Waals surface area contributed by atoms with Crippen molar-refractivity contribution in [3.05, 3.63) is 58.6 Å². The van der Waals surface area contributed by atoms with E-state index in [9.17, 15) is 5.11 Å². The molecule has 2 aromatic carbocycles. The third kappa shape index (κ3) is 5.24. The molecule has 124 valence electrons. The summed E-state index contributed by atoms with van der Waals surface area (Å²) in [6.07, 6.45) is 1.84. The van der Waals surface area contributed by atoms with Gasteiger partial charge < -0.3 is 14.6 Å². The van der Waals surface area contributed by atoms with E-state index in [4.69, 9.17) is 21.1 Å². The number of unbranched alkanes of at least 4 members (excludes halogenated alkanes) is 1. The van der Waals surface area contributed by atoms with Gasteiger partial charge in [0, 0.05) is 19.3 Å². The fraction of sp³-hybridized carbons (Fsp3) is 0.368. The second-order valence-electron chi connectivity index (χ2n) is 5.58. The highest BCUT2D eigenvalue weighted by molar-refractivity contribution is 6.32. The molecular formula is C19H23ClO3. The lowest BCUT2D eigenvalue weighted by atomic mass is 10.0. The first kappa shape index (κ1) is 17.8. The fourth-order valence-corrected chi connectivity index (χ4v) is 2.65. The molecule has 0 aliphatic heterocycles. The Morgan fingerprint density at radius 3 is 2.65 bits per heavy atom. The van der Waals surface area contributed by atoms with E-state index in [-0.39, 0.29) is 0 Å². The molecule has 1 N–H and O–H groups in total. The van der Waals surface area contributed by atoms with Gasteiger partial charge in [0.05, 0.1) is 11.1 Å². The van der Waals surface area contributed by atoms with Gasteiger partial charge in [0.1, 0.15) is 5.75 Å². The van der Waals surface area contributed by atoms with Crippen LogP contribution in [0.4, 0.5) is 0 Å². The largest absolute Gasteiger partial charge is 0.455 e. The van der Waals surface area contributed by atoms with Crippen LogP contribution in [0.15, 0.2) is 42.5 Å². The number of aliphatic hydroxyl groups excluding tert-OH is 1. The van der Waals surface area contributed by atoms with E-state index < -0.39 is 6.10 Å². The number of methoxy groups -OCH3 is 1. The Morgan fingerprint density at radius 2 is 1.91 bits per heavy atom. The van der Waals surface area contributed by atoms with Crippen LogP contribution in [0.2, 0.25) is 5.02 Å². The van der Waals surface area contributed by atoms with Gasteiger partial charge in [-0.2, -0.15) is 0 Å². The Hall–Kier alpha value is -1.55. The van der Waals surface area contributed by atoms with Crippen LogP contribution in [0, 0.1) is 6.92 Å². The highest BCUT2D eigenvalue weighted by Crippen LogP contribution is 2.37. The minimum absolute atomic E-state index is 0.500. The number of rotatable bonds is 8. The number of halogens is 1. The maximum Gasteiger partial charge on any atom is 0.151 e. The Balaban J connectivity index is 2.15. The third-order valence-corrected chi connectivity index (χ3v) is 3.94. The Morgan fingerprint density at radius 1 is 1.13 bits per heavy atom. The summed E-state index contributed by atoms with van der Waals surface area (Å²) in [6, 6.07) is 13.2. The normalized spacial score (nSPS) is 12.2. The fourth-order valence-electron chi connectivity index (χ4n) is 2.43. The van der Waals surface area contributed by atoms with E-state index in [0.717, 1.165) is 24.0 Å². The number of aryl methyl sites for hydroxylation is 1. The summed E-state index contributed by atoms with van der Waals surface area (Å²) in [6.45, 7) is 2.71. The number of benzene rings is 2. The molecule has 0 aliphatic carbocycles. The van der Waals surface area contributed by atoms with E-state index in [1.807, 2.05) is 43.3 Å². The predicted octanol–water partition coefficient (Wildman–Crippen LogP) is 5.29. The van der Waals surface area contributed by atoms with Crippen LogP contribution in [-0.4, -0.2) is 18.8 Å². The number of ether oxygens (including phenoxy) is 2. The molecule has 4 heteroatoms. The summed E-state index contributed by atoms with van der Waals surface area (Å²) in [5.41, 5.74) is 1.83. The van der Waals surface area contributed by atoms with Crippen molar-refractivity contribution in [1.82, 2.24) is 0 Å². The molecule has 0 saturated heterocycles. The minimum Gasteiger partial charge on any atom is -0.455 e. The summed E-state index contributed by atoms with van der Waals surface area (Å²) in [5.74, 6) is 1.24. The van der Waals surface area contributed by atoms with Crippen molar-refractivity contribution in [2.45, 2.75) is 32.3 Å². The van der Waals surface area contributed by atoms with Gasteiger partial charge >= 0.3 is 0 Å². The highest BCUT2D eigenvalue weighted by Gasteiger charge is 2.17. The van der Waals surface area contributed by atoms with Crippen molar-refractivity contribution in [1.29, 1.82) is 0 Å². The van der Waals surface area contributed by atoms with Crippen molar-refractivity contribution in [3.8, 4) is 11.5 Å². The molecule has 0 saturated carbocycles. The predicted molar refractivity (Wildman–Crippen MR) is 93.4 cm³/mol. The first-order valence-electron chi connectivity index (χ1n) is 7.81. The molecule has 3 nitrogen and oxygen atoms in total. The topological polar surface area (TPSA) is 38.7 Å². The maximum absolute atomic E-state index is 10.5. The second-order valence-corrected chi connectivity index (χ2v) is 5.99. The summed E-state index contributed by atoms with van der Waals surface area (Å²) in [5, 5.41) is 11.0. The summed E-state index contributed by atoms with van der Waals surface area (Å²) in [4.78, 5) is 0. The number of hydrogen-bond acceptors (Lipinski definition) is 3. The zero-order chi connectivity index (χ0) is 16.7. The van der Waals surface area contributed by atoms with Crippen LogP contribution >= 0.6 is 11.6 Å². The van der Waals surface area contributed by atoms with E-state index in [0.29, 0.717) is 29.5 Å². The smallest absolute Gasteiger partial charge is 0.151 e. The monoisotopic (exact) mass is 334 g/mol. The van der Waals surface area contributed by atoms with Gasteiger partial charge in [0.25, 0.3) is 0 Å². The first-order chi connectivity index (χ1) is 11.1. The number of para-hydroxylation sites is 1. The molecule has 0 spiro atoms. The molecule has 2 rings (SSSR count). The van der Waals surface area contributed by atoms with Gasteiger partial charge in [-0.05, 0) is 49.9 Å². The lowest BCUT2D eigenvalue weighted by Gasteiger charge is -2.17. The van der Waals surface area contributed by atoms with Crippen molar-refractivity contribution >= 4 is 11.6 Å². The molecule has 1 atom stereocenters. The molecule has 1 unspecified atom stereocenters. The van der Waals surface area contributed by atoms with E-state index in [2.05, 4.69) is 0 Å². The Labute approximate surface area is 142 Å². The SMILES string of the molecule is COCCCCC(O)c1cccc(Cl)c1Oc1cccc(C)c1. The molecule has 0 radical (unpaired) electrons. The molecule has 23 heavy (non-hydrogen) atoms. The second kappa shape index (κ2) is 8.92. The minimum atomic E-state index is -0.606. The average Bonchev–Trinajstić information content (AvgIpc) is 2.53. The molecule has 0 aromatic heterocycles. The molecule has 0 fully saturated rings. The molecular weight excluding hydrogens is 312 g/mol. The molecule has 0 bridgehead atoms. The van der Waals surface area contributed by atoms with Gasteiger partial charge in [-0.1, -0.05) is 35.9 Å². The molecule has 0 amide bonds. The van der Waals surface area contributed by atoms with Crippen molar-refractivity contribution in [2.75, 3.05) is 13.7 Å². The van der Waals surface area contributed by atoms with Gasteiger partial charge in [-0.15, -0.1) is 0 Å². The first-order valence-corrected chi connectivity index (χ1v) is 8.19. The van der Waals surface area contributed by atoms with Gasteiger partial charge in [0.2, 0.25) is 0 Å². The number of aliphatic hydroxyl groups is 1. The Bertz CT molecular complexity index is 628. The summed E-state index contributed by atoms with van der Waals surface area (Å²) >= 11 is 6.29. The third-order valence-electron chi connectivity index (χ3n) is 3.64. The highest BCUT2D eigenvalue weighted by atomic mass is 35.5. The van der Waals surface area contributed by atoms with Crippen molar-refractivity contribution < 1.29 is 14.6 Å². The van der Waals surface area contributed by atoms with Crippen molar-refractivity contribution in [2.24, 2.45) is 0 Å². The molecule has 0 heterocycles. The molecule has 0 aliphatic rings. The maximum atomic E-state index is 10.5. The van der Waals surface area contributed by atoms with Crippen LogP contribution in [0.1, 0.15) is 36.5 Å². The van der Waals surface area contributed by atoms with Crippen LogP contribution in [0.5, 0.6) is 11.5 Å². The van der Waals surface area contributed by atoms with Gasteiger partial charge in [-0.25, -0.2) is 0 Å².